The SMILES string of the molecule is CCOC(=O)C(C(C)C)N(CCOC)CCOC. The zero-order chi connectivity index (χ0) is 14.0. The van der Waals surface area contributed by atoms with Gasteiger partial charge in [-0.3, -0.25) is 9.69 Å². The minimum absolute atomic E-state index is 0.167. The Morgan fingerprint density at radius 2 is 1.61 bits per heavy atom. The molecule has 0 aromatic heterocycles. The Balaban J connectivity index is 4.66. The Kier molecular flexibility index (Phi) is 9.92. The van der Waals surface area contributed by atoms with Crippen molar-refractivity contribution in [1.82, 2.24) is 4.90 Å². The molecule has 0 N–H and O–H groups in total. The van der Waals surface area contributed by atoms with Gasteiger partial charge < -0.3 is 14.2 Å². The van der Waals surface area contributed by atoms with E-state index in [1.165, 1.54) is 0 Å². The number of methoxy groups -OCH3 is 2. The van der Waals surface area contributed by atoms with Crippen LogP contribution in [0, 0.1) is 5.92 Å². The molecule has 0 radical (unpaired) electrons. The second kappa shape index (κ2) is 10.3. The average Bonchev–Trinajstić information content (AvgIpc) is 2.32. The standard InChI is InChI=1S/C13H27NO4/c1-6-18-13(15)12(11(2)3)14(7-9-16-4)8-10-17-5/h11-12H,6-10H2,1-5H3. The van der Waals surface area contributed by atoms with Gasteiger partial charge in [0.15, 0.2) is 0 Å². The molecular weight excluding hydrogens is 234 g/mol. The van der Waals surface area contributed by atoms with Crippen molar-refractivity contribution in [2.24, 2.45) is 5.92 Å². The molecular formula is C13H27NO4. The van der Waals surface area contributed by atoms with Crippen LogP contribution in [0.2, 0.25) is 0 Å². The number of hydrogen-bond donors (Lipinski definition) is 0. The predicted octanol–water partition coefficient (Wildman–Crippen LogP) is 1.17. The van der Waals surface area contributed by atoms with Gasteiger partial charge in [-0.25, -0.2) is 0 Å². The lowest BCUT2D eigenvalue weighted by atomic mass is 10.0. The highest BCUT2D eigenvalue weighted by atomic mass is 16.5. The minimum atomic E-state index is -0.241. The van der Waals surface area contributed by atoms with Crippen molar-refractivity contribution in [3.63, 3.8) is 0 Å². The molecule has 0 aliphatic carbocycles. The van der Waals surface area contributed by atoms with E-state index in [-0.39, 0.29) is 17.9 Å². The fourth-order valence-electron chi connectivity index (χ4n) is 1.88. The summed E-state index contributed by atoms with van der Waals surface area (Å²) in [6.45, 7) is 8.85. The van der Waals surface area contributed by atoms with Crippen LogP contribution in [0.25, 0.3) is 0 Å². The number of carbonyl (C=O) groups excluding carboxylic acids is 1. The Morgan fingerprint density at radius 3 is 1.94 bits per heavy atom. The number of rotatable bonds is 10. The minimum Gasteiger partial charge on any atom is -0.465 e. The van der Waals surface area contributed by atoms with Crippen molar-refractivity contribution in [3.8, 4) is 0 Å². The van der Waals surface area contributed by atoms with Gasteiger partial charge in [-0.1, -0.05) is 13.8 Å². The van der Waals surface area contributed by atoms with Gasteiger partial charge in [-0.15, -0.1) is 0 Å². The largest absolute Gasteiger partial charge is 0.465 e. The van der Waals surface area contributed by atoms with E-state index in [1.807, 2.05) is 20.8 Å². The molecule has 0 rings (SSSR count). The molecule has 0 saturated heterocycles. The lowest BCUT2D eigenvalue weighted by molar-refractivity contribution is -0.152. The highest BCUT2D eigenvalue weighted by Crippen LogP contribution is 2.13. The van der Waals surface area contributed by atoms with Crippen molar-refractivity contribution in [2.75, 3.05) is 47.1 Å². The molecule has 0 aliphatic rings. The van der Waals surface area contributed by atoms with E-state index in [0.717, 1.165) is 0 Å². The fraction of sp³-hybridized carbons (Fsp3) is 0.923. The normalized spacial score (nSPS) is 13.1. The lowest BCUT2D eigenvalue weighted by Gasteiger charge is -2.32. The Bertz CT molecular complexity index is 213. The smallest absolute Gasteiger partial charge is 0.323 e. The molecule has 0 aromatic rings. The maximum absolute atomic E-state index is 12.0. The van der Waals surface area contributed by atoms with Crippen LogP contribution in [0.15, 0.2) is 0 Å². The number of carbonyl (C=O) groups is 1. The molecule has 5 heteroatoms. The van der Waals surface area contributed by atoms with Crippen molar-refractivity contribution < 1.29 is 19.0 Å². The first-order valence-electron chi connectivity index (χ1n) is 6.47. The third-order valence-electron chi connectivity index (χ3n) is 2.72. The fourth-order valence-corrected chi connectivity index (χ4v) is 1.88. The van der Waals surface area contributed by atoms with E-state index >= 15 is 0 Å². The molecule has 18 heavy (non-hydrogen) atoms. The van der Waals surface area contributed by atoms with E-state index in [2.05, 4.69) is 4.90 Å². The van der Waals surface area contributed by atoms with Crippen LogP contribution in [0.5, 0.6) is 0 Å². The molecule has 0 saturated carbocycles. The van der Waals surface area contributed by atoms with Crippen LogP contribution in [0.1, 0.15) is 20.8 Å². The first-order valence-corrected chi connectivity index (χ1v) is 6.47. The zero-order valence-electron chi connectivity index (χ0n) is 12.3. The summed E-state index contributed by atoms with van der Waals surface area (Å²) in [5.41, 5.74) is 0. The second-order valence-corrected chi connectivity index (χ2v) is 4.46. The number of esters is 1. The molecule has 5 nitrogen and oxygen atoms in total. The van der Waals surface area contributed by atoms with E-state index in [1.54, 1.807) is 14.2 Å². The summed E-state index contributed by atoms with van der Waals surface area (Å²) >= 11 is 0. The summed E-state index contributed by atoms with van der Waals surface area (Å²) in [4.78, 5) is 14.1. The molecule has 108 valence electrons. The topological polar surface area (TPSA) is 48.0 Å². The van der Waals surface area contributed by atoms with Crippen LogP contribution in [-0.4, -0.2) is 64.0 Å². The van der Waals surface area contributed by atoms with Crippen LogP contribution in [-0.2, 0) is 19.0 Å². The Hall–Kier alpha value is -0.650. The molecule has 0 bridgehead atoms. The second-order valence-electron chi connectivity index (χ2n) is 4.46. The van der Waals surface area contributed by atoms with Gasteiger partial charge in [0.1, 0.15) is 6.04 Å². The van der Waals surface area contributed by atoms with Crippen molar-refractivity contribution in [3.05, 3.63) is 0 Å². The Labute approximate surface area is 110 Å². The van der Waals surface area contributed by atoms with Crippen molar-refractivity contribution in [2.45, 2.75) is 26.8 Å². The monoisotopic (exact) mass is 261 g/mol. The molecule has 1 atom stereocenters. The van der Waals surface area contributed by atoms with Crippen LogP contribution >= 0.6 is 0 Å². The van der Waals surface area contributed by atoms with E-state index in [0.29, 0.717) is 32.9 Å². The molecule has 0 amide bonds. The summed E-state index contributed by atoms with van der Waals surface area (Å²) in [6.07, 6.45) is 0. The van der Waals surface area contributed by atoms with E-state index in [4.69, 9.17) is 14.2 Å². The summed E-state index contributed by atoms with van der Waals surface area (Å²) in [5, 5.41) is 0. The van der Waals surface area contributed by atoms with E-state index in [9.17, 15) is 4.79 Å². The quantitative estimate of drug-likeness (QED) is 0.552. The van der Waals surface area contributed by atoms with Crippen LogP contribution < -0.4 is 0 Å². The van der Waals surface area contributed by atoms with Crippen molar-refractivity contribution in [1.29, 1.82) is 0 Å². The van der Waals surface area contributed by atoms with Gasteiger partial charge in [0.05, 0.1) is 19.8 Å². The van der Waals surface area contributed by atoms with Gasteiger partial charge in [-0.2, -0.15) is 0 Å². The lowest BCUT2D eigenvalue weighted by Crippen LogP contribution is -2.48. The van der Waals surface area contributed by atoms with Crippen LogP contribution in [0.4, 0.5) is 0 Å². The van der Waals surface area contributed by atoms with Gasteiger partial charge in [-0.05, 0) is 12.8 Å². The maximum Gasteiger partial charge on any atom is 0.323 e. The first-order chi connectivity index (χ1) is 8.58. The van der Waals surface area contributed by atoms with Gasteiger partial charge >= 0.3 is 5.97 Å². The van der Waals surface area contributed by atoms with Gasteiger partial charge in [0.2, 0.25) is 0 Å². The predicted molar refractivity (Wildman–Crippen MR) is 70.6 cm³/mol. The zero-order valence-corrected chi connectivity index (χ0v) is 12.3. The summed E-state index contributed by atoms with van der Waals surface area (Å²) in [6, 6.07) is -0.241. The summed E-state index contributed by atoms with van der Waals surface area (Å²) < 4.78 is 15.3. The van der Waals surface area contributed by atoms with Gasteiger partial charge in [0.25, 0.3) is 0 Å². The first kappa shape index (κ1) is 17.4. The highest BCUT2D eigenvalue weighted by molar-refractivity contribution is 5.76. The number of hydrogen-bond acceptors (Lipinski definition) is 5. The third kappa shape index (κ3) is 6.33. The molecule has 0 aliphatic heterocycles. The molecule has 0 fully saturated rings. The molecule has 1 unspecified atom stereocenters. The summed E-state index contributed by atoms with van der Waals surface area (Å²) in [7, 11) is 3.31. The highest BCUT2D eigenvalue weighted by Gasteiger charge is 2.29. The summed E-state index contributed by atoms with van der Waals surface area (Å²) in [5.74, 6) is 0.0254. The molecule has 0 aromatic carbocycles. The number of ether oxygens (including phenoxy) is 3. The Morgan fingerprint density at radius 1 is 1.11 bits per heavy atom. The molecule has 0 heterocycles. The van der Waals surface area contributed by atoms with E-state index < -0.39 is 0 Å². The molecule has 0 spiro atoms. The van der Waals surface area contributed by atoms with Gasteiger partial charge in [0, 0.05) is 27.3 Å². The third-order valence-corrected chi connectivity index (χ3v) is 2.72. The van der Waals surface area contributed by atoms with Crippen LogP contribution in [0.3, 0.4) is 0 Å². The number of nitrogens with zero attached hydrogens (tertiary/aromatic N) is 1. The maximum atomic E-state index is 12.0. The average molecular weight is 261 g/mol. The van der Waals surface area contributed by atoms with Crippen molar-refractivity contribution >= 4 is 5.97 Å².